The summed E-state index contributed by atoms with van der Waals surface area (Å²) < 4.78 is 8.73. The Morgan fingerprint density at radius 2 is 2.08 bits per heavy atom. The molecule has 0 bridgehead atoms. The van der Waals surface area contributed by atoms with Gasteiger partial charge in [-0.25, -0.2) is 4.68 Å². The molecule has 2 heterocycles. The predicted octanol–water partition coefficient (Wildman–Crippen LogP) is 3.86. The molecule has 1 aliphatic heterocycles. The molecule has 26 heavy (non-hydrogen) atoms. The molecule has 0 saturated heterocycles. The molecule has 0 unspecified atom stereocenters. The first-order valence-corrected chi connectivity index (χ1v) is 9.06. The lowest BCUT2D eigenvalue weighted by molar-refractivity contribution is -0.117. The van der Waals surface area contributed by atoms with Gasteiger partial charge in [-0.1, -0.05) is 45.8 Å². The number of aromatic nitrogens is 3. The summed E-state index contributed by atoms with van der Waals surface area (Å²) in [6, 6.07) is 13.8. The summed E-state index contributed by atoms with van der Waals surface area (Å²) in [6.45, 7) is 2.51. The topological polar surface area (TPSA) is 69.0 Å². The fourth-order valence-corrected chi connectivity index (χ4v) is 3.38. The number of fused-ring (bicyclic) bond motifs is 1. The minimum absolute atomic E-state index is 0.0834. The molecule has 132 valence electrons. The van der Waals surface area contributed by atoms with E-state index in [4.69, 9.17) is 4.74 Å². The molecular weight excluding hydrogens is 396 g/mol. The summed E-state index contributed by atoms with van der Waals surface area (Å²) in [5.41, 5.74) is 3.20. The van der Waals surface area contributed by atoms with E-state index < -0.39 is 0 Å². The van der Waals surface area contributed by atoms with Crippen LogP contribution >= 0.6 is 15.9 Å². The van der Waals surface area contributed by atoms with E-state index in [1.54, 1.807) is 4.68 Å². The van der Waals surface area contributed by atoms with Crippen molar-refractivity contribution in [1.29, 1.82) is 0 Å². The van der Waals surface area contributed by atoms with Crippen molar-refractivity contribution >= 4 is 27.8 Å². The Labute approximate surface area is 159 Å². The van der Waals surface area contributed by atoms with Gasteiger partial charge < -0.3 is 4.74 Å². The average Bonchev–Trinajstić information content (AvgIpc) is 3.09. The lowest BCUT2D eigenvalue weighted by Crippen LogP contribution is -2.29. The number of anilines is 1. The summed E-state index contributed by atoms with van der Waals surface area (Å²) in [5.74, 6) is 1.10. The van der Waals surface area contributed by atoms with Gasteiger partial charge in [0.2, 0.25) is 11.9 Å². The standard InChI is InChI=1S/C19H17BrN4O2/c1-12-2-4-13(5-3-12)10-26-17-7-6-14(20)8-15(17)16-9-18(25)23-19-21-11-22-24(16)19/h2-8,11,16H,9-10H2,1H3,(H,21,22,23,25)/t16-/m1/s1. The first kappa shape index (κ1) is 16.8. The van der Waals surface area contributed by atoms with E-state index in [0.29, 0.717) is 12.6 Å². The number of benzene rings is 2. The van der Waals surface area contributed by atoms with Crippen LogP contribution in [0.15, 0.2) is 53.3 Å². The van der Waals surface area contributed by atoms with Gasteiger partial charge in [0, 0.05) is 10.0 Å². The number of carbonyl (C=O) groups is 1. The number of ether oxygens (including phenoxy) is 1. The predicted molar refractivity (Wildman–Crippen MR) is 101 cm³/mol. The molecular formula is C19H17BrN4O2. The minimum Gasteiger partial charge on any atom is -0.489 e. The second-order valence-electron chi connectivity index (χ2n) is 6.25. The fraction of sp³-hybridized carbons (Fsp3) is 0.211. The number of aryl methyl sites for hydroxylation is 1. The van der Waals surface area contributed by atoms with Crippen LogP contribution < -0.4 is 10.1 Å². The number of amides is 1. The third-order valence-electron chi connectivity index (χ3n) is 4.34. The molecule has 2 aromatic carbocycles. The van der Waals surface area contributed by atoms with Crippen molar-refractivity contribution in [2.24, 2.45) is 0 Å². The molecule has 6 nitrogen and oxygen atoms in total. The molecule has 0 fully saturated rings. The van der Waals surface area contributed by atoms with E-state index in [-0.39, 0.29) is 18.4 Å². The van der Waals surface area contributed by atoms with Crippen LogP contribution in [0.3, 0.4) is 0 Å². The number of carbonyl (C=O) groups excluding carboxylic acids is 1. The molecule has 1 atom stereocenters. The molecule has 0 spiro atoms. The van der Waals surface area contributed by atoms with Gasteiger partial charge >= 0.3 is 0 Å². The van der Waals surface area contributed by atoms with Crippen molar-refractivity contribution in [3.05, 3.63) is 70.0 Å². The Hall–Kier alpha value is -2.67. The smallest absolute Gasteiger partial charge is 0.229 e. The summed E-state index contributed by atoms with van der Waals surface area (Å²) in [5, 5.41) is 7.00. The summed E-state index contributed by atoms with van der Waals surface area (Å²) in [4.78, 5) is 16.2. The van der Waals surface area contributed by atoms with E-state index in [2.05, 4.69) is 62.5 Å². The molecule has 1 N–H and O–H groups in total. The Kier molecular flexibility index (Phi) is 4.46. The highest BCUT2D eigenvalue weighted by atomic mass is 79.9. The van der Waals surface area contributed by atoms with Crippen LogP contribution in [-0.4, -0.2) is 20.7 Å². The molecule has 1 aromatic heterocycles. The van der Waals surface area contributed by atoms with E-state index in [0.717, 1.165) is 21.3 Å². The maximum atomic E-state index is 12.1. The number of hydrogen-bond donors (Lipinski definition) is 1. The van der Waals surface area contributed by atoms with Gasteiger partial charge in [0.15, 0.2) is 0 Å². The van der Waals surface area contributed by atoms with E-state index >= 15 is 0 Å². The van der Waals surface area contributed by atoms with Crippen LogP contribution in [0.25, 0.3) is 0 Å². The first-order chi connectivity index (χ1) is 12.6. The number of rotatable bonds is 4. The molecule has 1 aliphatic rings. The molecule has 7 heteroatoms. The van der Waals surface area contributed by atoms with E-state index in [1.807, 2.05) is 18.2 Å². The van der Waals surface area contributed by atoms with E-state index in [9.17, 15) is 4.79 Å². The zero-order chi connectivity index (χ0) is 18.1. The molecule has 4 rings (SSSR count). The van der Waals surface area contributed by atoms with Crippen LogP contribution in [0.4, 0.5) is 5.95 Å². The van der Waals surface area contributed by atoms with Gasteiger partial charge in [-0.05, 0) is 30.7 Å². The molecule has 3 aromatic rings. The highest BCUT2D eigenvalue weighted by molar-refractivity contribution is 9.10. The summed E-state index contributed by atoms with van der Waals surface area (Å²) in [6.07, 6.45) is 1.73. The van der Waals surface area contributed by atoms with Gasteiger partial charge in [-0.2, -0.15) is 10.1 Å². The van der Waals surface area contributed by atoms with Crippen molar-refractivity contribution in [1.82, 2.24) is 14.8 Å². The maximum Gasteiger partial charge on any atom is 0.229 e. The van der Waals surface area contributed by atoms with E-state index in [1.165, 1.54) is 11.9 Å². The number of nitrogens with zero attached hydrogens (tertiary/aromatic N) is 3. The third-order valence-corrected chi connectivity index (χ3v) is 4.84. The Balaban J connectivity index is 1.65. The normalized spacial score (nSPS) is 16.1. The second kappa shape index (κ2) is 6.92. The van der Waals surface area contributed by atoms with Crippen molar-refractivity contribution in [2.75, 3.05) is 5.32 Å². The van der Waals surface area contributed by atoms with Crippen LogP contribution in [0, 0.1) is 6.92 Å². The van der Waals surface area contributed by atoms with Gasteiger partial charge in [0.1, 0.15) is 18.7 Å². The van der Waals surface area contributed by atoms with Gasteiger partial charge in [-0.3, -0.25) is 10.1 Å². The zero-order valence-corrected chi connectivity index (χ0v) is 15.7. The highest BCUT2D eigenvalue weighted by Crippen LogP contribution is 2.36. The zero-order valence-electron chi connectivity index (χ0n) is 14.1. The van der Waals surface area contributed by atoms with Crippen LogP contribution in [0.1, 0.15) is 29.2 Å². The van der Waals surface area contributed by atoms with Gasteiger partial charge in [0.05, 0.1) is 12.5 Å². The average molecular weight is 413 g/mol. The molecule has 0 radical (unpaired) electrons. The SMILES string of the molecule is Cc1ccc(COc2ccc(Br)cc2[C@H]2CC(=O)Nc3ncnn32)cc1. The van der Waals surface area contributed by atoms with Crippen LogP contribution in [-0.2, 0) is 11.4 Å². The highest BCUT2D eigenvalue weighted by Gasteiger charge is 2.30. The van der Waals surface area contributed by atoms with Crippen molar-refractivity contribution in [2.45, 2.75) is 26.0 Å². The quantitative estimate of drug-likeness (QED) is 0.706. The maximum absolute atomic E-state index is 12.1. The van der Waals surface area contributed by atoms with Crippen molar-refractivity contribution < 1.29 is 9.53 Å². The lowest BCUT2D eigenvalue weighted by atomic mass is 10.0. The molecule has 0 saturated carbocycles. The Morgan fingerprint density at radius 3 is 2.88 bits per heavy atom. The van der Waals surface area contributed by atoms with Crippen molar-refractivity contribution in [3.63, 3.8) is 0 Å². The summed E-state index contributed by atoms with van der Waals surface area (Å²) in [7, 11) is 0. The third kappa shape index (κ3) is 3.35. The number of hydrogen-bond acceptors (Lipinski definition) is 4. The Bertz CT molecular complexity index is 952. The summed E-state index contributed by atoms with van der Waals surface area (Å²) >= 11 is 3.51. The number of halogens is 1. The van der Waals surface area contributed by atoms with Gasteiger partial charge in [-0.15, -0.1) is 0 Å². The first-order valence-electron chi connectivity index (χ1n) is 8.27. The fourth-order valence-electron chi connectivity index (χ4n) is 3.00. The Morgan fingerprint density at radius 1 is 1.27 bits per heavy atom. The largest absolute Gasteiger partial charge is 0.489 e. The molecule has 0 aliphatic carbocycles. The second-order valence-corrected chi connectivity index (χ2v) is 7.17. The van der Waals surface area contributed by atoms with Crippen molar-refractivity contribution in [3.8, 4) is 5.75 Å². The lowest BCUT2D eigenvalue weighted by Gasteiger charge is -2.25. The van der Waals surface area contributed by atoms with Crippen LogP contribution in [0.2, 0.25) is 0 Å². The minimum atomic E-state index is -0.258. The monoisotopic (exact) mass is 412 g/mol. The number of nitrogens with one attached hydrogen (secondary N) is 1. The van der Waals surface area contributed by atoms with Crippen LogP contribution in [0.5, 0.6) is 5.75 Å². The molecule has 1 amide bonds. The van der Waals surface area contributed by atoms with Gasteiger partial charge in [0.25, 0.3) is 0 Å².